The smallest absolute Gasteiger partial charge is 0.331 e. The summed E-state index contributed by atoms with van der Waals surface area (Å²) in [4.78, 5) is 33.4. The van der Waals surface area contributed by atoms with Crippen molar-refractivity contribution in [1.82, 2.24) is 0 Å². The van der Waals surface area contributed by atoms with Crippen LogP contribution in [-0.2, 0) is 19.1 Å². The molecule has 0 bridgehead atoms. The molecule has 0 amide bonds. The second-order valence-corrected chi connectivity index (χ2v) is 6.82. The molecule has 6 nitrogen and oxygen atoms in total. The average Bonchev–Trinajstić information content (AvgIpc) is 2.57. The minimum absolute atomic E-state index is 0.214. The molecule has 0 saturated heterocycles. The summed E-state index contributed by atoms with van der Waals surface area (Å²) in [5, 5.41) is 18.6. The molecule has 0 aromatic rings. The number of carbonyl (C=O) groups excluding carboxylic acids is 1. The van der Waals surface area contributed by atoms with Gasteiger partial charge in [0, 0.05) is 18.1 Å². The van der Waals surface area contributed by atoms with Gasteiger partial charge in [-0.3, -0.25) is 4.79 Å². The van der Waals surface area contributed by atoms with Crippen LogP contribution in [0.5, 0.6) is 0 Å². The largest absolute Gasteiger partial charge is 0.478 e. The number of carboxylic acids is 2. The van der Waals surface area contributed by atoms with Crippen molar-refractivity contribution in [1.29, 1.82) is 0 Å². The summed E-state index contributed by atoms with van der Waals surface area (Å²) in [5.74, 6) is -2.29. The molecule has 0 aliphatic carbocycles. The molecule has 0 heterocycles. The summed E-state index contributed by atoms with van der Waals surface area (Å²) in [5.41, 5.74) is 2.73. The number of ether oxygens (including phenoxy) is 1. The van der Waals surface area contributed by atoms with Gasteiger partial charge in [0.1, 0.15) is 6.61 Å². The Morgan fingerprint density at radius 2 is 1.18 bits per heavy atom. The lowest BCUT2D eigenvalue weighted by Gasteiger charge is -2.04. The molecule has 28 heavy (non-hydrogen) atoms. The lowest BCUT2D eigenvalue weighted by molar-refractivity contribution is -0.139. The summed E-state index contributed by atoms with van der Waals surface area (Å²) in [6, 6.07) is 0. The first-order valence-electron chi connectivity index (χ1n) is 9.40. The second kappa shape index (κ2) is 14.4. The Morgan fingerprint density at radius 1 is 0.714 bits per heavy atom. The fourth-order valence-electron chi connectivity index (χ4n) is 2.39. The third kappa shape index (κ3) is 13.6. The van der Waals surface area contributed by atoms with Crippen LogP contribution in [-0.4, -0.2) is 34.7 Å². The molecule has 2 N–H and O–H groups in total. The quantitative estimate of drug-likeness (QED) is 0.265. The first kappa shape index (κ1) is 25.4. The highest BCUT2D eigenvalue weighted by atomic mass is 16.5. The summed E-state index contributed by atoms with van der Waals surface area (Å²) in [7, 11) is 0. The number of hydrogen-bond donors (Lipinski definition) is 2. The molecule has 0 unspecified atom stereocenters. The van der Waals surface area contributed by atoms with Gasteiger partial charge >= 0.3 is 17.9 Å². The molecule has 6 heteroatoms. The van der Waals surface area contributed by atoms with Crippen molar-refractivity contribution in [2.75, 3.05) is 6.61 Å². The van der Waals surface area contributed by atoms with E-state index >= 15 is 0 Å². The highest BCUT2D eigenvalue weighted by Crippen LogP contribution is 2.15. The minimum atomic E-state index is -0.989. The third-order valence-electron chi connectivity index (χ3n) is 3.97. The van der Waals surface area contributed by atoms with E-state index in [1.807, 2.05) is 26.8 Å². The van der Waals surface area contributed by atoms with E-state index < -0.39 is 11.9 Å². The molecular formula is C22H32O6. The van der Waals surface area contributed by atoms with Crippen molar-refractivity contribution < 1.29 is 29.3 Å². The fourth-order valence-corrected chi connectivity index (χ4v) is 2.39. The Hall–Kier alpha value is -2.63. The van der Waals surface area contributed by atoms with Crippen molar-refractivity contribution >= 4 is 17.9 Å². The predicted molar refractivity (Wildman–Crippen MR) is 109 cm³/mol. The van der Waals surface area contributed by atoms with Gasteiger partial charge in [-0.25, -0.2) is 9.59 Å². The standard InChI is InChI=1S/C22H32O6/c1-16(2)8-5-10-19(21(24)25)12-7-13-20(22(26)27)11-6-9-17(3)14-15-28-18(4)23/h8,11-12,14H,5-7,9-10,13,15H2,1-4H3,(H,24,25)(H,26,27)/b17-14-,19-12+,20-11+. The number of hydrogen-bond acceptors (Lipinski definition) is 4. The highest BCUT2D eigenvalue weighted by Gasteiger charge is 2.09. The molecule has 0 aromatic heterocycles. The van der Waals surface area contributed by atoms with E-state index in [0.29, 0.717) is 37.7 Å². The zero-order chi connectivity index (χ0) is 21.5. The van der Waals surface area contributed by atoms with Gasteiger partial charge in [-0.1, -0.05) is 29.4 Å². The Kier molecular flexibility index (Phi) is 13.1. The summed E-state index contributed by atoms with van der Waals surface area (Å²) in [6.07, 6.45) is 10.0. The van der Waals surface area contributed by atoms with E-state index in [-0.39, 0.29) is 24.6 Å². The van der Waals surface area contributed by atoms with E-state index in [1.165, 1.54) is 6.92 Å². The van der Waals surface area contributed by atoms with Gasteiger partial charge in [-0.15, -0.1) is 0 Å². The molecule has 0 spiro atoms. The number of aliphatic carboxylic acids is 2. The Labute approximate surface area is 167 Å². The maximum atomic E-state index is 11.4. The maximum absolute atomic E-state index is 11.4. The first-order valence-corrected chi connectivity index (χ1v) is 9.40. The van der Waals surface area contributed by atoms with Crippen LogP contribution < -0.4 is 0 Å². The number of allylic oxidation sites excluding steroid dienone is 5. The first-order chi connectivity index (χ1) is 13.1. The Balaban J connectivity index is 4.68. The molecule has 0 atom stereocenters. The van der Waals surface area contributed by atoms with Crippen molar-refractivity contribution in [2.24, 2.45) is 0 Å². The lowest BCUT2D eigenvalue weighted by atomic mass is 10.0. The van der Waals surface area contributed by atoms with E-state index in [2.05, 4.69) is 0 Å². The monoisotopic (exact) mass is 392 g/mol. The van der Waals surface area contributed by atoms with Crippen LogP contribution in [0.25, 0.3) is 0 Å². The van der Waals surface area contributed by atoms with Gasteiger partial charge in [0.15, 0.2) is 0 Å². The van der Waals surface area contributed by atoms with E-state index in [9.17, 15) is 24.6 Å². The van der Waals surface area contributed by atoms with Crippen molar-refractivity contribution in [3.8, 4) is 0 Å². The van der Waals surface area contributed by atoms with Gasteiger partial charge in [-0.05, 0) is 65.4 Å². The molecule has 0 aliphatic heterocycles. The van der Waals surface area contributed by atoms with Crippen LogP contribution in [0, 0.1) is 0 Å². The van der Waals surface area contributed by atoms with E-state index in [0.717, 1.165) is 11.1 Å². The van der Waals surface area contributed by atoms with Crippen LogP contribution in [0.4, 0.5) is 0 Å². The molecule has 0 rings (SSSR count). The Bertz CT molecular complexity index is 661. The van der Waals surface area contributed by atoms with Crippen molar-refractivity contribution in [3.63, 3.8) is 0 Å². The van der Waals surface area contributed by atoms with Crippen molar-refractivity contribution in [3.05, 3.63) is 46.6 Å². The van der Waals surface area contributed by atoms with E-state index in [4.69, 9.17) is 4.74 Å². The highest BCUT2D eigenvalue weighted by molar-refractivity contribution is 5.87. The zero-order valence-corrected chi connectivity index (χ0v) is 17.3. The molecule has 0 radical (unpaired) electrons. The van der Waals surface area contributed by atoms with Gasteiger partial charge in [0.25, 0.3) is 0 Å². The van der Waals surface area contributed by atoms with Gasteiger partial charge in [-0.2, -0.15) is 0 Å². The third-order valence-corrected chi connectivity index (χ3v) is 3.97. The average molecular weight is 392 g/mol. The summed E-state index contributed by atoms with van der Waals surface area (Å²) >= 11 is 0. The number of carboxylic acid groups (broad SMARTS) is 2. The number of esters is 1. The van der Waals surface area contributed by atoms with Crippen LogP contribution in [0.1, 0.15) is 66.2 Å². The predicted octanol–water partition coefficient (Wildman–Crippen LogP) is 4.82. The number of carbonyl (C=O) groups is 3. The Morgan fingerprint density at radius 3 is 1.61 bits per heavy atom. The molecule has 0 aromatic carbocycles. The van der Waals surface area contributed by atoms with E-state index in [1.54, 1.807) is 18.2 Å². The van der Waals surface area contributed by atoms with Crippen LogP contribution in [0.15, 0.2) is 46.6 Å². The SMILES string of the molecule is CC(=O)OC/C=C(/C)CC/C=C(\CC/C=C(\CCC=C(C)C)C(=O)O)C(=O)O. The zero-order valence-electron chi connectivity index (χ0n) is 17.3. The van der Waals surface area contributed by atoms with Crippen LogP contribution in [0.2, 0.25) is 0 Å². The van der Waals surface area contributed by atoms with Gasteiger partial charge in [0.05, 0.1) is 0 Å². The van der Waals surface area contributed by atoms with Gasteiger partial charge in [0.2, 0.25) is 0 Å². The second-order valence-electron chi connectivity index (χ2n) is 6.82. The molecule has 0 fully saturated rings. The minimum Gasteiger partial charge on any atom is -0.478 e. The number of rotatable bonds is 13. The molecule has 0 saturated carbocycles. The summed E-state index contributed by atoms with van der Waals surface area (Å²) < 4.78 is 4.83. The lowest BCUT2D eigenvalue weighted by Crippen LogP contribution is -2.03. The van der Waals surface area contributed by atoms with Crippen LogP contribution in [0.3, 0.4) is 0 Å². The topological polar surface area (TPSA) is 101 Å². The maximum Gasteiger partial charge on any atom is 0.331 e. The van der Waals surface area contributed by atoms with Crippen LogP contribution >= 0.6 is 0 Å². The molecule has 0 aliphatic rings. The van der Waals surface area contributed by atoms with Gasteiger partial charge < -0.3 is 14.9 Å². The molecular weight excluding hydrogens is 360 g/mol. The van der Waals surface area contributed by atoms with Crippen molar-refractivity contribution in [2.45, 2.75) is 66.2 Å². The fraction of sp³-hybridized carbons (Fsp3) is 0.500. The molecule has 156 valence electrons. The summed E-state index contributed by atoms with van der Waals surface area (Å²) in [6.45, 7) is 7.37. The normalized spacial score (nSPS) is 12.5.